The van der Waals surface area contributed by atoms with E-state index < -0.39 is 0 Å². The second-order valence-electron chi connectivity index (χ2n) is 3.20. The Balaban J connectivity index is 2.89. The molecule has 0 amide bonds. The van der Waals surface area contributed by atoms with Crippen molar-refractivity contribution >= 4 is 17.6 Å². The second kappa shape index (κ2) is 6.95. The molecule has 0 aliphatic carbocycles. The number of nitrogens with zero attached hydrogens (tertiary/aromatic N) is 6. The minimum Gasteiger partial charge on any atom is -0.258 e. The molecule has 1 aromatic rings. The minimum atomic E-state index is 0.274. The van der Waals surface area contributed by atoms with E-state index in [1.165, 1.54) is 12.3 Å². The predicted molar refractivity (Wildman–Crippen MR) is 72.4 cm³/mol. The average Bonchev–Trinajstić information content (AvgIpc) is 2.42. The summed E-state index contributed by atoms with van der Waals surface area (Å²) in [5, 5.41) is 15.6. The molecule has 92 valence electrons. The molecule has 0 saturated heterocycles. The molecule has 0 aliphatic rings. The van der Waals surface area contributed by atoms with Crippen LogP contribution in [-0.4, -0.2) is 32.3 Å². The highest BCUT2D eigenvalue weighted by Crippen LogP contribution is 2.04. The monoisotopic (exact) mass is 242 g/mol. The van der Waals surface area contributed by atoms with Gasteiger partial charge in [-0.25, -0.2) is 0 Å². The predicted octanol–water partition coefficient (Wildman–Crippen LogP) is 1.84. The maximum Gasteiger partial charge on any atom is 0.221 e. The van der Waals surface area contributed by atoms with Gasteiger partial charge in [-0.2, -0.15) is 0 Å². The van der Waals surface area contributed by atoms with E-state index in [-0.39, 0.29) is 5.82 Å². The summed E-state index contributed by atoms with van der Waals surface area (Å²) in [6, 6.07) is 0. The minimum absolute atomic E-state index is 0.274. The van der Waals surface area contributed by atoms with Crippen LogP contribution in [0.15, 0.2) is 41.5 Å². The first kappa shape index (κ1) is 13.6. The fourth-order valence-electron chi connectivity index (χ4n) is 0.934. The van der Waals surface area contributed by atoms with Crippen molar-refractivity contribution in [3.63, 3.8) is 0 Å². The van der Waals surface area contributed by atoms with Crippen LogP contribution in [0.1, 0.15) is 25.5 Å². The molecule has 0 unspecified atom stereocenters. The van der Waals surface area contributed by atoms with Crippen molar-refractivity contribution in [3.05, 3.63) is 43.2 Å². The van der Waals surface area contributed by atoms with E-state index in [0.717, 1.165) is 0 Å². The van der Waals surface area contributed by atoms with Gasteiger partial charge in [0, 0.05) is 12.4 Å². The Kier molecular flexibility index (Phi) is 5.24. The number of aromatic nitrogens is 4. The smallest absolute Gasteiger partial charge is 0.221 e. The Hall–Kier alpha value is -2.50. The van der Waals surface area contributed by atoms with E-state index in [1.54, 1.807) is 13.1 Å². The zero-order valence-corrected chi connectivity index (χ0v) is 10.4. The van der Waals surface area contributed by atoms with E-state index in [0.29, 0.717) is 17.2 Å². The molecule has 0 fully saturated rings. The van der Waals surface area contributed by atoms with Crippen LogP contribution < -0.4 is 0 Å². The van der Waals surface area contributed by atoms with Gasteiger partial charge in [-0.1, -0.05) is 25.3 Å². The number of hydrogen-bond acceptors (Lipinski definition) is 6. The van der Waals surface area contributed by atoms with Gasteiger partial charge in [0.15, 0.2) is 0 Å². The number of aliphatic imine (C=N–C) groups is 2. The van der Waals surface area contributed by atoms with Crippen LogP contribution in [0.25, 0.3) is 5.70 Å². The van der Waals surface area contributed by atoms with Crippen molar-refractivity contribution in [1.82, 2.24) is 20.4 Å². The summed E-state index contributed by atoms with van der Waals surface area (Å²) in [5.41, 5.74) is 1.02. The van der Waals surface area contributed by atoms with E-state index >= 15 is 0 Å². The molecular weight excluding hydrogens is 228 g/mol. The fraction of sp³-hybridized carbons (Fsp3) is 0.167. The molecule has 1 rings (SSSR count). The van der Waals surface area contributed by atoms with Gasteiger partial charge in [-0.3, -0.25) is 9.98 Å². The van der Waals surface area contributed by atoms with Crippen molar-refractivity contribution < 1.29 is 0 Å². The number of hydrogen-bond donors (Lipinski definition) is 0. The van der Waals surface area contributed by atoms with E-state index in [1.807, 2.05) is 13.0 Å². The summed E-state index contributed by atoms with van der Waals surface area (Å²) < 4.78 is 0. The number of rotatable bonds is 5. The lowest BCUT2D eigenvalue weighted by molar-refractivity contribution is 0.818. The van der Waals surface area contributed by atoms with E-state index in [4.69, 9.17) is 0 Å². The van der Waals surface area contributed by atoms with Gasteiger partial charge >= 0.3 is 0 Å². The van der Waals surface area contributed by atoms with Crippen LogP contribution in [0.5, 0.6) is 0 Å². The molecule has 18 heavy (non-hydrogen) atoms. The van der Waals surface area contributed by atoms with Crippen molar-refractivity contribution in [1.29, 1.82) is 0 Å². The molecule has 0 radical (unpaired) electrons. The van der Waals surface area contributed by atoms with Gasteiger partial charge in [0.2, 0.25) is 11.6 Å². The molecule has 0 saturated carbocycles. The van der Waals surface area contributed by atoms with Crippen LogP contribution in [-0.2, 0) is 0 Å². The molecule has 6 heteroatoms. The summed E-state index contributed by atoms with van der Waals surface area (Å²) >= 11 is 0. The molecule has 1 aromatic heterocycles. The lowest BCUT2D eigenvalue weighted by atomic mass is 10.4. The first-order chi connectivity index (χ1) is 8.69. The molecule has 1 heterocycles. The maximum absolute atomic E-state index is 4.10. The molecule has 0 aromatic carbocycles. The zero-order valence-electron chi connectivity index (χ0n) is 10.4. The third-order valence-corrected chi connectivity index (χ3v) is 1.81. The first-order valence-corrected chi connectivity index (χ1v) is 5.26. The van der Waals surface area contributed by atoms with E-state index in [9.17, 15) is 0 Å². The third kappa shape index (κ3) is 3.82. The lowest BCUT2D eigenvalue weighted by Crippen LogP contribution is -2.08. The maximum atomic E-state index is 4.10. The van der Waals surface area contributed by atoms with Crippen LogP contribution in [0.3, 0.4) is 0 Å². The molecule has 0 N–H and O–H groups in total. The Labute approximate surface area is 106 Å². The quantitative estimate of drug-likeness (QED) is 0.738. The zero-order chi connectivity index (χ0) is 13.4. The van der Waals surface area contributed by atoms with Crippen molar-refractivity contribution in [2.45, 2.75) is 13.8 Å². The van der Waals surface area contributed by atoms with Crippen molar-refractivity contribution in [2.24, 2.45) is 9.98 Å². The van der Waals surface area contributed by atoms with Gasteiger partial charge in [-0.15, -0.1) is 20.4 Å². The van der Waals surface area contributed by atoms with Gasteiger partial charge < -0.3 is 0 Å². The van der Waals surface area contributed by atoms with Crippen molar-refractivity contribution in [2.75, 3.05) is 0 Å². The van der Waals surface area contributed by atoms with Crippen LogP contribution in [0.2, 0.25) is 0 Å². The second-order valence-corrected chi connectivity index (χ2v) is 3.20. The summed E-state index contributed by atoms with van der Waals surface area (Å²) in [7, 11) is 0. The summed E-state index contributed by atoms with van der Waals surface area (Å²) in [6.07, 6.45) is 6.50. The van der Waals surface area contributed by atoms with E-state index in [2.05, 4.69) is 43.5 Å². The topological polar surface area (TPSA) is 76.3 Å². The van der Waals surface area contributed by atoms with Gasteiger partial charge in [0.05, 0.1) is 5.71 Å². The average molecular weight is 242 g/mol. The summed E-state index contributed by atoms with van der Waals surface area (Å²) in [4.78, 5) is 8.06. The Morgan fingerprint density at radius 2 is 1.78 bits per heavy atom. The summed E-state index contributed by atoms with van der Waals surface area (Å²) in [6.45, 7) is 10.9. The largest absolute Gasteiger partial charge is 0.258 e. The van der Waals surface area contributed by atoms with Crippen LogP contribution in [0, 0.1) is 0 Å². The van der Waals surface area contributed by atoms with Gasteiger partial charge in [0.25, 0.3) is 0 Å². The first-order valence-electron chi connectivity index (χ1n) is 5.26. The molecule has 0 spiro atoms. The third-order valence-electron chi connectivity index (χ3n) is 1.81. The fourth-order valence-corrected chi connectivity index (χ4v) is 0.934. The van der Waals surface area contributed by atoms with Gasteiger partial charge in [-0.05, 0) is 13.8 Å². The molecular formula is C12H14N6. The van der Waals surface area contributed by atoms with Crippen molar-refractivity contribution in [3.8, 4) is 0 Å². The highest BCUT2D eigenvalue weighted by Gasteiger charge is 2.05. The standard InChI is InChI=1S/C12H14N6/c1-5-7-13-9(3)11-15-17-12(18-16-11)10(4)14-8-6-2/h5-8H,1,3H2,2,4H3/b8-6-,13-7-,14-10+. The normalized spacial score (nSPS) is 12.2. The Morgan fingerprint density at radius 1 is 1.17 bits per heavy atom. The Bertz CT molecular complexity index is 510. The molecule has 0 aliphatic heterocycles. The SMILES string of the molecule is C=C/C=N\C(=C)c1nnc(/C(C)=N/C=C\C)nn1. The Morgan fingerprint density at radius 3 is 2.33 bits per heavy atom. The van der Waals surface area contributed by atoms with Crippen LogP contribution >= 0.6 is 0 Å². The number of allylic oxidation sites excluding steroid dienone is 2. The van der Waals surface area contributed by atoms with Crippen LogP contribution in [0.4, 0.5) is 0 Å². The highest BCUT2D eigenvalue weighted by molar-refractivity contribution is 5.95. The lowest BCUT2D eigenvalue weighted by Gasteiger charge is -1.98. The molecule has 0 bridgehead atoms. The van der Waals surface area contributed by atoms with Gasteiger partial charge in [0.1, 0.15) is 5.70 Å². The molecule has 6 nitrogen and oxygen atoms in total. The summed E-state index contributed by atoms with van der Waals surface area (Å²) in [5.74, 6) is 0.646. The molecule has 0 atom stereocenters. The highest BCUT2D eigenvalue weighted by atomic mass is 15.3.